The van der Waals surface area contributed by atoms with Crippen LogP contribution >= 0.6 is 15.9 Å². The number of benzene rings is 1. The zero-order valence-corrected chi connectivity index (χ0v) is 11.4. The Morgan fingerprint density at radius 3 is 3.06 bits per heavy atom. The van der Waals surface area contributed by atoms with Crippen molar-refractivity contribution in [3.8, 4) is 6.07 Å². The van der Waals surface area contributed by atoms with Gasteiger partial charge in [-0.25, -0.2) is 4.98 Å². The Kier molecular flexibility index (Phi) is 4.37. The molecule has 0 aliphatic rings. The van der Waals surface area contributed by atoms with Crippen molar-refractivity contribution in [3.63, 3.8) is 0 Å². The molecule has 2 aromatic rings. The molecular weight excluding hydrogens is 292 g/mol. The maximum atomic E-state index is 9.03. The van der Waals surface area contributed by atoms with Crippen LogP contribution in [0.2, 0.25) is 0 Å². The minimum atomic E-state index is 0.659. The predicted molar refractivity (Wildman–Crippen MR) is 74.2 cm³/mol. The van der Waals surface area contributed by atoms with Crippen LogP contribution in [0.1, 0.15) is 12.0 Å². The summed E-state index contributed by atoms with van der Waals surface area (Å²) in [4.78, 5) is 3.99. The van der Waals surface area contributed by atoms with Gasteiger partial charge in [-0.15, -0.1) is 0 Å². The van der Waals surface area contributed by atoms with Gasteiger partial charge in [0.1, 0.15) is 6.07 Å². The molecule has 0 radical (unpaired) electrons. The first-order valence-electron chi connectivity index (χ1n) is 5.69. The maximum Gasteiger partial charge on any atom is 0.101 e. The van der Waals surface area contributed by atoms with Crippen LogP contribution in [0, 0.1) is 11.3 Å². The van der Waals surface area contributed by atoms with E-state index in [1.165, 1.54) is 0 Å². The number of aromatic nitrogens is 2. The Bertz CT molecular complexity index is 543. The summed E-state index contributed by atoms with van der Waals surface area (Å²) < 4.78 is 2.96. The summed E-state index contributed by atoms with van der Waals surface area (Å²) in [6, 6.07) is 7.85. The number of hydrogen-bond acceptors (Lipinski definition) is 3. The molecule has 0 saturated heterocycles. The number of rotatable bonds is 5. The highest BCUT2D eigenvalue weighted by Gasteiger charge is 2.01. The second kappa shape index (κ2) is 6.22. The Balaban J connectivity index is 1.85. The van der Waals surface area contributed by atoms with Crippen molar-refractivity contribution in [3.05, 3.63) is 47.0 Å². The molecule has 2 rings (SSSR count). The molecule has 1 aromatic carbocycles. The molecule has 0 spiro atoms. The molecular formula is C13H13BrN4. The van der Waals surface area contributed by atoms with Crippen molar-refractivity contribution in [1.82, 2.24) is 9.55 Å². The average Bonchev–Trinajstić information content (AvgIpc) is 2.89. The van der Waals surface area contributed by atoms with Crippen LogP contribution in [-0.4, -0.2) is 16.1 Å². The molecule has 0 amide bonds. The number of halogens is 1. The fourth-order valence-electron chi connectivity index (χ4n) is 1.67. The molecule has 0 aliphatic heterocycles. The lowest BCUT2D eigenvalue weighted by atomic mass is 10.2. The van der Waals surface area contributed by atoms with Gasteiger partial charge in [0.15, 0.2) is 0 Å². The fourth-order valence-corrected chi connectivity index (χ4v) is 2.03. The topological polar surface area (TPSA) is 53.6 Å². The van der Waals surface area contributed by atoms with Crippen molar-refractivity contribution >= 4 is 21.6 Å². The zero-order chi connectivity index (χ0) is 12.8. The number of aryl methyl sites for hydroxylation is 1. The molecule has 0 unspecified atom stereocenters. The zero-order valence-electron chi connectivity index (χ0n) is 9.81. The number of nitrogens with zero attached hydrogens (tertiary/aromatic N) is 3. The molecule has 0 saturated carbocycles. The molecule has 4 nitrogen and oxygen atoms in total. The third-order valence-corrected chi connectivity index (χ3v) is 3.06. The summed E-state index contributed by atoms with van der Waals surface area (Å²) >= 11 is 3.36. The molecule has 0 fully saturated rings. The highest BCUT2D eigenvalue weighted by Crippen LogP contribution is 2.20. The number of hydrogen-bond donors (Lipinski definition) is 1. The van der Waals surface area contributed by atoms with E-state index in [0.29, 0.717) is 5.56 Å². The summed E-state index contributed by atoms with van der Waals surface area (Å²) in [5.74, 6) is 0. The Labute approximate surface area is 114 Å². The van der Waals surface area contributed by atoms with E-state index in [-0.39, 0.29) is 0 Å². The lowest BCUT2D eigenvalue weighted by Gasteiger charge is -2.08. The largest absolute Gasteiger partial charge is 0.384 e. The number of nitriles is 1. The smallest absolute Gasteiger partial charge is 0.101 e. The lowest BCUT2D eigenvalue weighted by molar-refractivity contribution is 0.661. The van der Waals surface area contributed by atoms with Crippen LogP contribution in [0.4, 0.5) is 5.69 Å². The van der Waals surface area contributed by atoms with Gasteiger partial charge in [0.2, 0.25) is 0 Å². The van der Waals surface area contributed by atoms with Gasteiger partial charge in [-0.3, -0.25) is 0 Å². The third kappa shape index (κ3) is 3.34. The molecule has 5 heteroatoms. The average molecular weight is 305 g/mol. The third-order valence-electron chi connectivity index (χ3n) is 2.57. The van der Waals surface area contributed by atoms with E-state index in [2.05, 4.69) is 32.3 Å². The van der Waals surface area contributed by atoms with E-state index in [1.54, 1.807) is 12.5 Å². The van der Waals surface area contributed by atoms with Crippen molar-refractivity contribution in [2.75, 3.05) is 11.9 Å². The second-order valence-electron chi connectivity index (χ2n) is 3.88. The van der Waals surface area contributed by atoms with Gasteiger partial charge in [-0.1, -0.05) is 15.9 Å². The summed E-state index contributed by atoms with van der Waals surface area (Å²) in [6.45, 7) is 1.75. The number of nitrogens with one attached hydrogen (secondary N) is 1. The first-order chi connectivity index (χ1) is 8.79. The first-order valence-corrected chi connectivity index (χ1v) is 6.48. The van der Waals surface area contributed by atoms with Gasteiger partial charge in [0, 0.05) is 30.0 Å². The Morgan fingerprint density at radius 1 is 1.44 bits per heavy atom. The predicted octanol–water partition coefficient (Wildman–Crippen LogP) is 3.02. The van der Waals surface area contributed by atoms with Gasteiger partial charge in [-0.2, -0.15) is 5.26 Å². The van der Waals surface area contributed by atoms with Crippen molar-refractivity contribution in [2.24, 2.45) is 0 Å². The molecule has 0 aliphatic carbocycles. The summed E-state index contributed by atoms with van der Waals surface area (Å²) in [6.07, 6.45) is 6.51. The van der Waals surface area contributed by atoms with Gasteiger partial charge in [0.05, 0.1) is 17.6 Å². The minimum absolute atomic E-state index is 0.659. The quantitative estimate of drug-likeness (QED) is 0.864. The van der Waals surface area contributed by atoms with E-state index < -0.39 is 0 Å². The summed E-state index contributed by atoms with van der Waals surface area (Å²) in [5, 5.41) is 12.3. The second-order valence-corrected chi connectivity index (χ2v) is 4.80. The van der Waals surface area contributed by atoms with Crippen molar-refractivity contribution in [1.29, 1.82) is 5.26 Å². The van der Waals surface area contributed by atoms with Crippen molar-refractivity contribution < 1.29 is 0 Å². The fraction of sp³-hybridized carbons (Fsp3) is 0.231. The summed E-state index contributed by atoms with van der Waals surface area (Å²) in [7, 11) is 0. The molecule has 0 bridgehead atoms. The highest BCUT2D eigenvalue weighted by molar-refractivity contribution is 9.10. The number of imidazole rings is 1. The van der Waals surface area contributed by atoms with E-state index in [9.17, 15) is 0 Å². The SMILES string of the molecule is N#Cc1cc(Br)ccc1NCCCn1ccnc1. The lowest BCUT2D eigenvalue weighted by Crippen LogP contribution is -2.06. The molecule has 18 heavy (non-hydrogen) atoms. The maximum absolute atomic E-state index is 9.03. The molecule has 0 atom stereocenters. The van der Waals surface area contributed by atoms with Gasteiger partial charge in [-0.05, 0) is 24.6 Å². The van der Waals surface area contributed by atoms with Crippen LogP contribution in [0.25, 0.3) is 0 Å². The molecule has 92 valence electrons. The van der Waals surface area contributed by atoms with Crippen LogP contribution in [0.15, 0.2) is 41.4 Å². The summed E-state index contributed by atoms with van der Waals surface area (Å²) in [5.41, 5.74) is 1.54. The van der Waals surface area contributed by atoms with E-state index >= 15 is 0 Å². The van der Waals surface area contributed by atoms with Crippen LogP contribution in [0.5, 0.6) is 0 Å². The van der Waals surface area contributed by atoms with Gasteiger partial charge < -0.3 is 9.88 Å². The van der Waals surface area contributed by atoms with Crippen LogP contribution in [-0.2, 0) is 6.54 Å². The van der Waals surface area contributed by atoms with E-state index in [1.807, 2.05) is 29.0 Å². The Hall–Kier alpha value is -1.80. The van der Waals surface area contributed by atoms with Crippen LogP contribution < -0.4 is 5.32 Å². The van der Waals surface area contributed by atoms with Crippen LogP contribution in [0.3, 0.4) is 0 Å². The first kappa shape index (κ1) is 12.7. The van der Waals surface area contributed by atoms with E-state index in [0.717, 1.165) is 29.7 Å². The highest BCUT2D eigenvalue weighted by atomic mass is 79.9. The normalized spacial score (nSPS) is 10.0. The standard InChI is InChI=1S/C13H13BrN4/c14-12-2-3-13(11(8-12)9-15)17-4-1-6-18-7-5-16-10-18/h2-3,5,7-8,10,17H,1,4,6H2. The Morgan fingerprint density at radius 2 is 2.33 bits per heavy atom. The molecule has 1 aromatic heterocycles. The van der Waals surface area contributed by atoms with Crippen molar-refractivity contribution in [2.45, 2.75) is 13.0 Å². The molecule has 1 N–H and O–H groups in total. The van der Waals surface area contributed by atoms with Gasteiger partial charge >= 0.3 is 0 Å². The minimum Gasteiger partial charge on any atom is -0.384 e. The number of anilines is 1. The molecule has 1 heterocycles. The van der Waals surface area contributed by atoms with Gasteiger partial charge in [0.25, 0.3) is 0 Å². The monoisotopic (exact) mass is 304 g/mol. The van der Waals surface area contributed by atoms with E-state index in [4.69, 9.17) is 5.26 Å².